The second kappa shape index (κ2) is 4.31. The lowest BCUT2D eigenvalue weighted by Crippen LogP contribution is -2.27. The highest BCUT2D eigenvalue weighted by atomic mass is 32.1. The fourth-order valence-electron chi connectivity index (χ4n) is 1.22. The molecule has 2 N–H and O–H groups in total. The fraction of sp³-hybridized carbons (Fsp3) is 0.636. The van der Waals surface area contributed by atoms with Crippen LogP contribution in [-0.2, 0) is 0 Å². The summed E-state index contributed by atoms with van der Waals surface area (Å²) in [7, 11) is 0. The molecule has 0 amide bonds. The van der Waals surface area contributed by atoms with Crippen molar-refractivity contribution in [3.05, 3.63) is 16.5 Å². The molecule has 0 bridgehead atoms. The van der Waals surface area contributed by atoms with E-state index in [-0.39, 0.29) is 5.54 Å². The summed E-state index contributed by atoms with van der Waals surface area (Å²) in [5.74, 6) is 2.22. The molecule has 1 aromatic rings. The minimum atomic E-state index is 0.0217. The molecule has 0 aliphatic carbocycles. The van der Waals surface area contributed by atoms with Crippen LogP contribution in [0.15, 0.2) is 6.07 Å². The average molecular weight is 225 g/mol. The molecule has 0 aliphatic rings. The van der Waals surface area contributed by atoms with Crippen LogP contribution in [0.5, 0.6) is 0 Å². The van der Waals surface area contributed by atoms with Crippen molar-refractivity contribution >= 4 is 18.0 Å². The summed E-state index contributed by atoms with van der Waals surface area (Å²) in [4.78, 5) is 7.53. The predicted molar refractivity (Wildman–Crippen MR) is 66.9 cm³/mol. The van der Waals surface area contributed by atoms with Gasteiger partial charge in [-0.15, -0.1) is 0 Å². The van der Waals surface area contributed by atoms with Gasteiger partial charge in [-0.25, -0.2) is 4.98 Å². The number of anilines is 1. The van der Waals surface area contributed by atoms with Gasteiger partial charge in [-0.05, 0) is 20.8 Å². The van der Waals surface area contributed by atoms with Crippen molar-refractivity contribution in [2.24, 2.45) is 0 Å². The van der Waals surface area contributed by atoms with Crippen LogP contribution in [0.1, 0.15) is 46.4 Å². The van der Waals surface area contributed by atoms with Crippen molar-refractivity contribution in [2.45, 2.75) is 46.1 Å². The van der Waals surface area contributed by atoms with Crippen LogP contribution in [0.2, 0.25) is 0 Å². The highest BCUT2D eigenvalue weighted by Crippen LogP contribution is 2.15. The SMILES string of the molecule is CC(C)c1nc(=S)cc(NC(C)(C)C)[nH]1. The standard InChI is InChI=1S/C11H19N3S/c1-7(2)10-12-8(6-9(15)13-10)14-11(3,4)5/h6-7H,1-5H3,(H2,12,13,14,15). The van der Waals surface area contributed by atoms with E-state index in [1.807, 2.05) is 6.07 Å². The molecule has 1 rings (SSSR count). The largest absolute Gasteiger partial charge is 0.367 e. The summed E-state index contributed by atoms with van der Waals surface area (Å²) < 4.78 is 0.629. The number of aromatic nitrogens is 2. The van der Waals surface area contributed by atoms with Crippen LogP contribution in [-0.4, -0.2) is 15.5 Å². The molecule has 0 unspecified atom stereocenters. The molecule has 1 heterocycles. The van der Waals surface area contributed by atoms with E-state index < -0.39 is 0 Å². The monoisotopic (exact) mass is 225 g/mol. The van der Waals surface area contributed by atoms with Crippen LogP contribution in [0.25, 0.3) is 0 Å². The van der Waals surface area contributed by atoms with Crippen molar-refractivity contribution in [2.75, 3.05) is 5.32 Å². The normalized spacial score (nSPS) is 11.9. The first-order valence-corrected chi connectivity index (χ1v) is 5.58. The molecule has 4 heteroatoms. The Morgan fingerprint density at radius 3 is 2.47 bits per heavy atom. The smallest absolute Gasteiger partial charge is 0.131 e. The third-order valence-electron chi connectivity index (χ3n) is 1.82. The summed E-state index contributed by atoms with van der Waals surface area (Å²) in [6.45, 7) is 10.5. The van der Waals surface area contributed by atoms with Crippen LogP contribution in [0, 0.1) is 4.64 Å². The van der Waals surface area contributed by atoms with Gasteiger partial charge in [0.15, 0.2) is 0 Å². The van der Waals surface area contributed by atoms with Crippen LogP contribution >= 0.6 is 12.2 Å². The van der Waals surface area contributed by atoms with Crippen molar-refractivity contribution in [3.63, 3.8) is 0 Å². The Morgan fingerprint density at radius 1 is 1.40 bits per heavy atom. The van der Waals surface area contributed by atoms with E-state index in [1.165, 1.54) is 0 Å². The van der Waals surface area contributed by atoms with Gasteiger partial charge in [0, 0.05) is 17.5 Å². The Morgan fingerprint density at radius 2 is 2.00 bits per heavy atom. The second-order valence-electron chi connectivity index (χ2n) is 5.05. The van der Waals surface area contributed by atoms with Gasteiger partial charge in [0.1, 0.15) is 16.3 Å². The molecule has 1 aromatic heterocycles. The van der Waals surface area contributed by atoms with E-state index >= 15 is 0 Å². The van der Waals surface area contributed by atoms with Gasteiger partial charge < -0.3 is 10.3 Å². The lowest BCUT2D eigenvalue weighted by molar-refractivity contribution is 0.627. The maximum Gasteiger partial charge on any atom is 0.131 e. The summed E-state index contributed by atoms with van der Waals surface area (Å²) in [5.41, 5.74) is 0.0217. The van der Waals surface area contributed by atoms with E-state index in [0.717, 1.165) is 11.6 Å². The summed E-state index contributed by atoms with van der Waals surface area (Å²) in [6.07, 6.45) is 0. The van der Waals surface area contributed by atoms with E-state index in [2.05, 4.69) is 49.9 Å². The Hall–Kier alpha value is -0.900. The van der Waals surface area contributed by atoms with Crippen LogP contribution in [0.4, 0.5) is 5.82 Å². The number of H-pyrrole nitrogens is 1. The van der Waals surface area contributed by atoms with Crippen molar-refractivity contribution < 1.29 is 0 Å². The molecular weight excluding hydrogens is 206 g/mol. The number of hydrogen-bond acceptors (Lipinski definition) is 3. The van der Waals surface area contributed by atoms with Gasteiger partial charge >= 0.3 is 0 Å². The first kappa shape index (κ1) is 12.2. The molecule has 0 radical (unpaired) electrons. The molecule has 0 fully saturated rings. The fourth-order valence-corrected chi connectivity index (χ4v) is 1.44. The zero-order valence-corrected chi connectivity index (χ0v) is 10.8. The molecule has 0 atom stereocenters. The van der Waals surface area contributed by atoms with Crippen molar-refractivity contribution in [3.8, 4) is 0 Å². The molecule has 15 heavy (non-hydrogen) atoms. The molecular formula is C11H19N3S. The zero-order chi connectivity index (χ0) is 11.6. The Bertz CT molecular complexity index is 388. The number of nitrogens with zero attached hydrogens (tertiary/aromatic N) is 1. The second-order valence-corrected chi connectivity index (χ2v) is 5.47. The molecule has 0 aliphatic heterocycles. The molecule has 0 saturated heterocycles. The highest BCUT2D eigenvalue weighted by Gasteiger charge is 2.11. The first-order valence-electron chi connectivity index (χ1n) is 5.17. The quantitative estimate of drug-likeness (QED) is 0.757. The lowest BCUT2D eigenvalue weighted by Gasteiger charge is -2.22. The lowest BCUT2D eigenvalue weighted by atomic mass is 10.1. The van der Waals surface area contributed by atoms with E-state index in [1.54, 1.807) is 0 Å². The molecule has 84 valence electrons. The minimum Gasteiger partial charge on any atom is -0.367 e. The van der Waals surface area contributed by atoms with Gasteiger partial charge in [0.05, 0.1) is 0 Å². The third kappa shape index (κ3) is 4.00. The summed E-state index contributed by atoms with van der Waals surface area (Å²) >= 11 is 5.12. The average Bonchev–Trinajstić information content (AvgIpc) is 1.99. The predicted octanol–water partition coefficient (Wildman–Crippen LogP) is 3.47. The zero-order valence-electron chi connectivity index (χ0n) is 10.0. The Labute approximate surface area is 96.3 Å². The number of nitrogens with one attached hydrogen (secondary N) is 2. The molecule has 0 spiro atoms. The van der Waals surface area contributed by atoms with E-state index in [0.29, 0.717) is 10.6 Å². The Kier molecular flexibility index (Phi) is 3.50. The van der Waals surface area contributed by atoms with Gasteiger partial charge in [-0.1, -0.05) is 26.1 Å². The molecule has 0 saturated carbocycles. The number of hydrogen-bond donors (Lipinski definition) is 2. The van der Waals surface area contributed by atoms with Crippen molar-refractivity contribution in [1.29, 1.82) is 0 Å². The summed E-state index contributed by atoms with van der Waals surface area (Å²) in [6, 6.07) is 1.85. The molecule has 3 nitrogen and oxygen atoms in total. The van der Waals surface area contributed by atoms with Gasteiger partial charge in [0.2, 0.25) is 0 Å². The maximum atomic E-state index is 5.12. The van der Waals surface area contributed by atoms with Gasteiger partial charge in [-0.3, -0.25) is 0 Å². The highest BCUT2D eigenvalue weighted by molar-refractivity contribution is 7.71. The topological polar surface area (TPSA) is 40.7 Å². The van der Waals surface area contributed by atoms with Gasteiger partial charge in [-0.2, -0.15) is 0 Å². The Balaban J connectivity index is 3.05. The third-order valence-corrected chi connectivity index (χ3v) is 2.03. The van der Waals surface area contributed by atoms with Crippen molar-refractivity contribution in [1.82, 2.24) is 9.97 Å². The first-order chi connectivity index (χ1) is 6.78. The van der Waals surface area contributed by atoms with E-state index in [4.69, 9.17) is 12.2 Å². The summed E-state index contributed by atoms with van der Waals surface area (Å²) in [5, 5.41) is 3.36. The van der Waals surface area contributed by atoms with Crippen LogP contribution < -0.4 is 5.32 Å². The minimum absolute atomic E-state index is 0.0217. The van der Waals surface area contributed by atoms with Gasteiger partial charge in [0.25, 0.3) is 0 Å². The molecule has 0 aromatic carbocycles. The number of aromatic amines is 1. The van der Waals surface area contributed by atoms with Crippen LogP contribution in [0.3, 0.4) is 0 Å². The number of rotatable bonds is 2. The maximum absolute atomic E-state index is 5.12. The van der Waals surface area contributed by atoms with E-state index in [9.17, 15) is 0 Å².